The highest BCUT2D eigenvalue weighted by atomic mass is 32.2. The van der Waals surface area contributed by atoms with E-state index in [9.17, 15) is 14.0 Å². The normalized spacial score (nSPS) is 16.4. The van der Waals surface area contributed by atoms with Gasteiger partial charge in [0, 0.05) is 16.5 Å². The van der Waals surface area contributed by atoms with Crippen molar-refractivity contribution in [3.8, 4) is 11.1 Å². The molecule has 1 aliphatic heterocycles. The van der Waals surface area contributed by atoms with Gasteiger partial charge in [-0.25, -0.2) is 9.18 Å². The molecule has 28 heavy (non-hydrogen) atoms. The highest BCUT2D eigenvalue weighted by molar-refractivity contribution is 7.98. The Balaban J connectivity index is 1.52. The van der Waals surface area contributed by atoms with Gasteiger partial charge in [0.05, 0.1) is 18.8 Å². The van der Waals surface area contributed by atoms with Gasteiger partial charge in [-0.05, 0) is 42.2 Å². The van der Waals surface area contributed by atoms with Crippen LogP contribution in [0.4, 0.5) is 14.9 Å². The molecule has 2 heterocycles. The SMILES string of the molecule is CSc1ccc(-c2ccc(N3C[C@H](Cn4occc4=O)OC3=O)cc2F)cc1. The van der Waals surface area contributed by atoms with Crippen LogP contribution in [0.5, 0.6) is 0 Å². The molecule has 1 atom stereocenters. The van der Waals surface area contributed by atoms with E-state index < -0.39 is 18.0 Å². The fourth-order valence-electron chi connectivity index (χ4n) is 3.12. The first-order valence-corrected chi connectivity index (χ1v) is 9.84. The molecule has 144 valence electrons. The van der Waals surface area contributed by atoms with Crippen molar-refractivity contribution in [3.63, 3.8) is 0 Å². The van der Waals surface area contributed by atoms with Gasteiger partial charge in [-0.3, -0.25) is 9.69 Å². The van der Waals surface area contributed by atoms with E-state index >= 15 is 0 Å². The first-order valence-electron chi connectivity index (χ1n) is 8.62. The average molecular weight is 400 g/mol. The predicted molar refractivity (Wildman–Crippen MR) is 104 cm³/mol. The number of anilines is 1. The first kappa shape index (κ1) is 18.4. The van der Waals surface area contributed by atoms with E-state index in [-0.39, 0.29) is 18.6 Å². The summed E-state index contributed by atoms with van der Waals surface area (Å²) in [5, 5.41) is 0. The van der Waals surface area contributed by atoms with Gasteiger partial charge in [0.2, 0.25) is 0 Å². The number of carbonyl (C=O) groups is 1. The summed E-state index contributed by atoms with van der Waals surface area (Å²) >= 11 is 1.62. The lowest BCUT2D eigenvalue weighted by atomic mass is 10.0. The number of halogens is 1. The smallest absolute Gasteiger partial charge is 0.414 e. The van der Waals surface area contributed by atoms with E-state index in [1.165, 1.54) is 23.3 Å². The molecule has 1 amide bonds. The Hall–Kier alpha value is -3.00. The molecule has 1 fully saturated rings. The summed E-state index contributed by atoms with van der Waals surface area (Å²) in [4.78, 5) is 26.2. The largest absolute Gasteiger partial charge is 0.442 e. The second-order valence-electron chi connectivity index (χ2n) is 6.32. The van der Waals surface area contributed by atoms with Crippen LogP contribution < -0.4 is 10.5 Å². The van der Waals surface area contributed by atoms with Crippen LogP contribution >= 0.6 is 11.8 Å². The van der Waals surface area contributed by atoms with Gasteiger partial charge in [-0.15, -0.1) is 11.8 Å². The average Bonchev–Trinajstić information content (AvgIpc) is 3.27. The van der Waals surface area contributed by atoms with E-state index in [4.69, 9.17) is 9.26 Å². The van der Waals surface area contributed by atoms with Crippen molar-refractivity contribution in [2.24, 2.45) is 0 Å². The van der Waals surface area contributed by atoms with Crippen molar-refractivity contribution in [2.75, 3.05) is 17.7 Å². The summed E-state index contributed by atoms with van der Waals surface area (Å²) in [5.74, 6) is -0.423. The molecule has 1 saturated heterocycles. The van der Waals surface area contributed by atoms with Crippen LogP contribution in [-0.2, 0) is 11.3 Å². The Kier molecular flexibility index (Phi) is 4.95. The lowest BCUT2D eigenvalue weighted by Gasteiger charge is -2.14. The molecule has 4 rings (SSSR count). The molecule has 2 aromatic carbocycles. The summed E-state index contributed by atoms with van der Waals surface area (Å²) in [6, 6.07) is 13.5. The van der Waals surface area contributed by atoms with E-state index in [1.54, 1.807) is 23.9 Å². The third-order valence-electron chi connectivity index (χ3n) is 4.55. The van der Waals surface area contributed by atoms with Gasteiger partial charge in [-0.1, -0.05) is 12.1 Å². The minimum Gasteiger partial charge on any atom is -0.442 e. The summed E-state index contributed by atoms with van der Waals surface area (Å²) in [6.07, 6.45) is 2.12. The standard InChI is InChI=1S/C20H17FN2O4S/c1-28-16-5-2-13(3-6-16)17-7-4-14(10-18(17)21)22-11-15(27-20(22)25)12-23-19(24)8-9-26-23/h2-10,15H,11-12H2,1H3/t15-/m1/s1. The van der Waals surface area contributed by atoms with E-state index in [2.05, 4.69) is 0 Å². The summed E-state index contributed by atoms with van der Waals surface area (Å²) < 4.78 is 26.1. The molecule has 3 aromatic rings. The third kappa shape index (κ3) is 3.55. The predicted octanol–water partition coefficient (Wildman–Crippen LogP) is 3.99. The zero-order valence-electron chi connectivity index (χ0n) is 15.0. The highest BCUT2D eigenvalue weighted by Crippen LogP contribution is 2.30. The quantitative estimate of drug-likeness (QED) is 0.606. The number of aromatic nitrogens is 1. The molecule has 0 aliphatic carbocycles. The van der Waals surface area contributed by atoms with Crippen molar-refractivity contribution >= 4 is 23.5 Å². The van der Waals surface area contributed by atoms with Crippen molar-refractivity contribution < 1.29 is 18.4 Å². The molecule has 8 heteroatoms. The Labute approximate surface area is 164 Å². The summed E-state index contributed by atoms with van der Waals surface area (Å²) in [7, 11) is 0. The van der Waals surface area contributed by atoms with Crippen LogP contribution in [0.15, 0.2) is 69.0 Å². The number of thioether (sulfide) groups is 1. The monoisotopic (exact) mass is 400 g/mol. The Bertz CT molecular complexity index is 1060. The molecule has 6 nitrogen and oxygen atoms in total. The van der Waals surface area contributed by atoms with Gasteiger partial charge in [0.15, 0.2) is 0 Å². The minimum atomic E-state index is -0.582. The van der Waals surface area contributed by atoms with E-state index in [1.807, 2.05) is 30.5 Å². The maximum Gasteiger partial charge on any atom is 0.414 e. The fraction of sp³-hybridized carbons (Fsp3) is 0.200. The second-order valence-corrected chi connectivity index (χ2v) is 7.20. The highest BCUT2D eigenvalue weighted by Gasteiger charge is 2.33. The molecule has 1 aromatic heterocycles. The van der Waals surface area contributed by atoms with Crippen LogP contribution in [0.3, 0.4) is 0 Å². The van der Waals surface area contributed by atoms with Gasteiger partial charge >= 0.3 is 6.09 Å². The van der Waals surface area contributed by atoms with Crippen molar-refractivity contribution in [1.82, 2.24) is 4.74 Å². The lowest BCUT2D eigenvalue weighted by Crippen LogP contribution is -2.28. The number of rotatable bonds is 5. The van der Waals surface area contributed by atoms with Gasteiger partial charge in [0.25, 0.3) is 5.56 Å². The Morgan fingerprint density at radius 3 is 2.57 bits per heavy atom. The van der Waals surface area contributed by atoms with Gasteiger partial charge < -0.3 is 9.26 Å². The third-order valence-corrected chi connectivity index (χ3v) is 5.30. The van der Waals surface area contributed by atoms with Crippen LogP contribution in [0.1, 0.15) is 0 Å². The Morgan fingerprint density at radius 2 is 1.93 bits per heavy atom. The molecule has 0 unspecified atom stereocenters. The van der Waals surface area contributed by atoms with Gasteiger partial charge in [0.1, 0.15) is 18.2 Å². The first-order chi connectivity index (χ1) is 13.5. The molecular weight excluding hydrogens is 383 g/mol. The van der Waals surface area contributed by atoms with Crippen molar-refractivity contribution in [2.45, 2.75) is 17.5 Å². The second kappa shape index (κ2) is 7.55. The molecule has 0 bridgehead atoms. The summed E-state index contributed by atoms with van der Waals surface area (Å²) in [6.45, 7) is 0.309. The van der Waals surface area contributed by atoms with Crippen LogP contribution in [0.25, 0.3) is 11.1 Å². The Morgan fingerprint density at radius 1 is 1.14 bits per heavy atom. The minimum absolute atomic E-state index is 0.108. The molecule has 0 spiro atoms. The lowest BCUT2D eigenvalue weighted by molar-refractivity contribution is 0.107. The topological polar surface area (TPSA) is 64.7 Å². The number of cyclic esters (lactones) is 1. The number of amides is 1. The number of carbonyl (C=O) groups excluding carboxylic acids is 1. The maximum absolute atomic E-state index is 14.7. The van der Waals surface area contributed by atoms with Crippen LogP contribution in [-0.4, -0.2) is 29.7 Å². The van der Waals surface area contributed by atoms with E-state index in [0.717, 1.165) is 15.2 Å². The fourth-order valence-corrected chi connectivity index (χ4v) is 3.53. The molecule has 0 saturated carbocycles. The maximum atomic E-state index is 14.7. The van der Waals surface area contributed by atoms with E-state index in [0.29, 0.717) is 11.3 Å². The van der Waals surface area contributed by atoms with Crippen molar-refractivity contribution in [3.05, 3.63) is 71.0 Å². The van der Waals surface area contributed by atoms with Crippen LogP contribution in [0, 0.1) is 5.82 Å². The number of benzene rings is 2. The number of hydrogen-bond acceptors (Lipinski definition) is 5. The number of ether oxygens (including phenoxy) is 1. The number of hydrogen-bond donors (Lipinski definition) is 0. The molecular formula is C20H17FN2O4S. The summed E-state index contributed by atoms with van der Waals surface area (Å²) in [5.41, 5.74) is 1.32. The number of nitrogens with zero attached hydrogens (tertiary/aromatic N) is 2. The van der Waals surface area contributed by atoms with Gasteiger partial charge in [-0.2, -0.15) is 4.74 Å². The van der Waals surface area contributed by atoms with Crippen LogP contribution in [0.2, 0.25) is 0 Å². The molecule has 0 radical (unpaired) electrons. The zero-order valence-corrected chi connectivity index (χ0v) is 15.8. The zero-order chi connectivity index (χ0) is 19.7. The molecule has 0 N–H and O–H groups in total. The van der Waals surface area contributed by atoms with Crippen molar-refractivity contribution in [1.29, 1.82) is 0 Å². The molecule has 1 aliphatic rings.